The highest BCUT2D eigenvalue weighted by molar-refractivity contribution is 7.84. The fourth-order valence-electron chi connectivity index (χ4n) is 2.76. The molecule has 0 unspecified atom stereocenters. The number of aromatic nitrogens is 3. The third kappa shape index (κ3) is 5.58. The molecule has 0 aliphatic carbocycles. The Morgan fingerprint density at radius 2 is 1.86 bits per heavy atom. The summed E-state index contributed by atoms with van der Waals surface area (Å²) in [7, 11) is -1.15. The number of anilines is 1. The molecule has 3 rings (SSSR count). The second kappa shape index (κ2) is 9.24. The van der Waals surface area contributed by atoms with Crippen molar-refractivity contribution >= 4 is 28.3 Å². The number of carbonyl (C=O) groups is 2. The van der Waals surface area contributed by atoms with Crippen molar-refractivity contribution in [1.82, 2.24) is 20.5 Å². The molecule has 0 aliphatic rings. The molecule has 3 N–H and O–H groups in total. The van der Waals surface area contributed by atoms with Crippen LogP contribution < -0.4 is 10.6 Å². The summed E-state index contributed by atoms with van der Waals surface area (Å²) in [6.07, 6.45) is 1.55. The highest BCUT2D eigenvalue weighted by Crippen LogP contribution is 2.19. The standard InChI is InChI=1S/C20H21N5O3S/c1-13-21-18(25-24-13)15-9-6-10-16(11-15)22-19(26)20(27)23-17(12-29(2)28)14-7-4-3-5-8-14/h3-11,17H,12H2,1-2H3,(H,22,26)(H,23,27)(H,21,24,25)/t17-,29-/m1/s1. The molecule has 0 radical (unpaired) electrons. The molecule has 150 valence electrons. The van der Waals surface area contributed by atoms with E-state index >= 15 is 0 Å². The van der Waals surface area contributed by atoms with Crippen molar-refractivity contribution in [1.29, 1.82) is 0 Å². The van der Waals surface area contributed by atoms with E-state index in [2.05, 4.69) is 25.8 Å². The first-order valence-corrected chi connectivity index (χ1v) is 10.6. The van der Waals surface area contributed by atoms with E-state index in [9.17, 15) is 13.8 Å². The van der Waals surface area contributed by atoms with Crippen LogP contribution in [0.5, 0.6) is 0 Å². The number of aryl methyl sites for hydroxylation is 1. The average molecular weight is 411 g/mol. The van der Waals surface area contributed by atoms with Crippen LogP contribution in [0, 0.1) is 6.92 Å². The Kier molecular flexibility index (Phi) is 6.50. The predicted octanol–water partition coefficient (Wildman–Crippen LogP) is 1.95. The smallest absolute Gasteiger partial charge is 0.313 e. The van der Waals surface area contributed by atoms with Crippen LogP contribution in [-0.4, -0.2) is 43.2 Å². The molecule has 1 aromatic heterocycles. The number of carbonyl (C=O) groups excluding carboxylic acids is 2. The normalized spacial score (nSPS) is 12.8. The zero-order valence-electron chi connectivity index (χ0n) is 16.0. The van der Waals surface area contributed by atoms with Crippen molar-refractivity contribution in [2.24, 2.45) is 0 Å². The second-order valence-electron chi connectivity index (χ2n) is 6.46. The minimum atomic E-state index is -1.15. The Hall–Kier alpha value is -3.33. The van der Waals surface area contributed by atoms with Gasteiger partial charge in [0.25, 0.3) is 0 Å². The summed E-state index contributed by atoms with van der Waals surface area (Å²) >= 11 is 0. The van der Waals surface area contributed by atoms with Gasteiger partial charge in [0.15, 0.2) is 5.82 Å². The quantitative estimate of drug-likeness (QED) is 0.536. The summed E-state index contributed by atoms with van der Waals surface area (Å²) in [6.45, 7) is 1.79. The van der Waals surface area contributed by atoms with Gasteiger partial charge in [0.05, 0.1) is 6.04 Å². The van der Waals surface area contributed by atoms with E-state index < -0.39 is 28.7 Å². The van der Waals surface area contributed by atoms with Crippen LogP contribution in [0.2, 0.25) is 0 Å². The number of nitrogens with zero attached hydrogens (tertiary/aromatic N) is 2. The van der Waals surface area contributed by atoms with Gasteiger partial charge in [-0.1, -0.05) is 42.5 Å². The third-order valence-corrected chi connectivity index (χ3v) is 4.89. The zero-order chi connectivity index (χ0) is 20.8. The summed E-state index contributed by atoms with van der Waals surface area (Å²) in [5, 5.41) is 12.1. The van der Waals surface area contributed by atoms with Crippen LogP contribution in [0.3, 0.4) is 0 Å². The molecule has 0 fully saturated rings. The van der Waals surface area contributed by atoms with Crippen molar-refractivity contribution in [2.75, 3.05) is 17.3 Å². The van der Waals surface area contributed by atoms with Crippen molar-refractivity contribution in [2.45, 2.75) is 13.0 Å². The molecule has 29 heavy (non-hydrogen) atoms. The number of benzene rings is 2. The van der Waals surface area contributed by atoms with Gasteiger partial charge >= 0.3 is 11.8 Å². The van der Waals surface area contributed by atoms with Crippen LogP contribution in [0.25, 0.3) is 11.4 Å². The van der Waals surface area contributed by atoms with E-state index in [1.807, 2.05) is 30.3 Å². The number of rotatable bonds is 6. The Labute approximate surface area is 170 Å². The number of nitrogens with one attached hydrogen (secondary N) is 3. The lowest BCUT2D eigenvalue weighted by Crippen LogP contribution is -2.39. The van der Waals surface area contributed by atoms with Crippen LogP contribution in [0.4, 0.5) is 5.69 Å². The van der Waals surface area contributed by atoms with E-state index in [1.165, 1.54) is 0 Å². The molecular weight excluding hydrogens is 390 g/mol. The largest absolute Gasteiger partial charge is 0.340 e. The van der Waals surface area contributed by atoms with Gasteiger partial charge in [0, 0.05) is 34.1 Å². The molecule has 0 saturated heterocycles. The molecule has 9 heteroatoms. The van der Waals surface area contributed by atoms with E-state index in [4.69, 9.17) is 0 Å². The fourth-order valence-corrected chi connectivity index (χ4v) is 3.51. The minimum absolute atomic E-state index is 0.211. The highest BCUT2D eigenvalue weighted by atomic mass is 32.2. The topological polar surface area (TPSA) is 117 Å². The molecule has 0 spiro atoms. The van der Waals surface area contributed by atoms with E-state index in [0.29, 0.717) is 22.9 Å². The summed E-state index contributed by atoms with van der Waals surface area (Å²) in [5.41, 5.74) is 1.93. The van der Waals surface area contributed by atoms with Crippen molar-refractivity contribution in [3.8, 4) is 11.4 Å². The van der Waals surface area contributed by atoms with E-state index in [-0.39, 0.29) is 5.75 Å². The van der Waals surface area contributed by atoms with Crippen molar-refractivity contribution < 1.29 is 13.8 Å². The summed E-state index contributed by atoms with van der Waals surface area (Å²) in [5.74, 6) is -0.228. The predicted molar refractivity (Wildman–Crippen MR) is 111 cm³/mol. The summed E-state index contributed by atoms with van der Waals surface area (Å²) in [6, 6.07) is 15.5. The maximum Gasteiger partial charge on any atom is 0.313 e. The maximum atomic E-state index is 12.4. The molecular formula is C20H21N5O3S. The molecule has 0 aliphatic heterocycles. The fraction of sp³-hybridized carbons (Fsp3) is 0.200. The molecule has 3 aromatic rings. The van der Waals surface area contributed by atoms with E-state index in [1.54, 1.807) is 37.4 Å². The van der Waals surface area contributed by atoms with Crippen LogP contribution in [0.15, 0.2) is 54.6 Å². The van der Waals surface area contributed by atoms with Gasteiger partial charge in [-0.05, 0) is 24.6 Å². The van der Waals surface area contributed by atoms with Gasteiger partial charge in [-0.2, -0.15) is 5.10 Å². The summed E-state index contributed by atoms with van der Waals surface area (Å²) < 4.78 is 11.7. The number of H-pyrrole nitrogens is 1. The molecule has 0 bridgehead atoms. The van der Waals surface area contributed by atoms with Crippen molar-refractivity contribution in [3.05, 3.63) is 66.0 Å². The van der Waals surface area contributed by atoms with Crippen LogP contribution in [-0.2, 0) is 20.4 Å². The Morgan fingerprint density at radius 3 is 2.52 bits per heavy atom. The minimum Gasteiger partial charge on any atom is -0.340 e. The number of hydrogen-bond donors (Lipinski definition) is 3. The van der Waals surface area contributed by atoms with Gasteiger partial charge in [-0.15, -0.1) is 0 Å². The van der Waals surface area contributed by atoms with Gasteiger partial charge < -0.3 is 10.6 Å². The molecule has 0 saturated carbocycles. The van der Waals surface area contributed by atoms with Gasteiger partial charge in [-0.25, -0.2) is 4.98 Å². The van der Waals surface area contributed by atoms with Crippen molar-refractivity contribution in [3.63, 3.8) is 0 Å². The Morgan fingerprint density at radius 1 is 1.10 bits per heavy atom. The zero-order valence-corrected chi connectivity index (χ0v) is 16.8. The van der Waals surface area contributed by atoms with E-state index in [0.717, 1.165) is 5.56 Å². The summed E-state index contributed by atoms with van der Waals surface area (Å²) in [4.78, 5) is 29.0. The number of aromatic amines is 1. The molecule has 8 nitrogen and oxygen atoms in total. The first-order valence-electron chi connectivity index (χ1n) is 8.88. The van der Waals surface area contributed by atoms with Crippen LogP contribution in [0.1, 0.15) is 17.4 Å². The van der Waals surface area contributed by atoms with Crippen LogP contribution >= 0.6 is 0 Å². The molecule has 2 aromatic carbocycles. The maximum absolute atomic E-state index is 12.4. The monoisotopic (exact) mass is 411 g/mol. The van der Waals surface area contributed by atoms with Gasteiger partial charge in [0.1, 0.15) is 5.82 Å². The highest BCUT2D eigenvalue weighted by Gasteiger charge is 2.21. The number of hydrogen-bond acceptors (Lipinski definition) is 5. The lowest BCUT2D eigenvalue weighted by atomic mass is 10.1. The molecule has 2 amide bonds. The number of amides is 2. The Bertz CT molecular complexity index is 1040. The first-order chi connectivity index (χ1) is 13.9. The average Bonchev–Trinajstić information content (AvgIpc) is 3.14. The van der Waals surface area contributed by atoms with Gasteiger partial charge in [-0.3, -0.25) is 18.9 Å². The van der Waals surface area contributed by atoms with Gasteiger partial charge in [0.2, 0.25) is 0 Å². The lowest BCUT2D eigenvalue weighted by molar-refractivity contribution is -0.136. The Balaban J connectivity index is 1.70. The molecule has 2 atom stereocenters. The third-order valence-electron chi connectivity index (χ3n) is 4.09. The SMILES string of the molecule is Cc1nc(-c2cccc(NC(=O)C(=O)N[C@H](C[S@@](C)=O)c3ccccc3)c2)n[nH]1. The first kappa shape index (κ1) is 20.4. The second-order valence-corrected chi connectivity index (χ2v) is 7.94. The lowest BCUT2D eigenvalue weighted by Gasteiger charge is -2.18. The molecule has 1 heterocycles.